The third kappa shape index (κ3) is 2.60. The Morgan fingerprint density at radius 2 is 1.40 bits per heavy atom. The highest BCUT2D eigenvalue weighted by Gasteiger charge is 1.96. The van der Waals surface area contributed by atoms with Crippen LogP contribution in [0.1, 0.15) is 0 Å². The summed E-state index contributed by atoms with van der Waals surface area (Å²) in [6, 6.07) is 12.8. The van der Waals surface area contributed by atoms with Crippen LogP contribution in [0.15, 0.2) is 47.4 Å². The molecule has 78 valence electrons. The van der Waals surface area contributed by atoms with Crippen molar-refractivity contribution >= 4 is 21.5 Å². The van der Waals surface area contributed by atoms with Crippen molar-refractivity contribution in [3.05, 3.63) is 52.4 Å². The summed E-state index contributed by atoms with van der Waals surface area (Å²) in [6.45, 7) is 0. The molecule has 0 saturated heterocycles. The second-order valence-electron chi connectivity index (χ2n) is 2.79. The second-order valence-corrected chi connectivity index (χ2v) is 3.82. The number of hydrogen-bond donors (Lipinski definition) is 1. The van der Waals surface area contributed by atoms with E-state index in [2.05, 4.69) is 0 Å². The standard InChI is InChI=1S/C10H8O2S.O2/c11-13(12)10-6-5-8-3-1-2-4-9(8)7-10;1-2/h1-7,13H;. The summed E-state index contributed by atoms with van der Waals surface area (Å²) in [6.07, 6.45) is 0. The van der Waals surface area contributed by atoms with Crippen LogP contribution in [0, 0.1) is 9.93 Å². The van der Waals surface area contributed by atoms with Gasteiger partial charge in [0.1, 0.15) is 0 Å². The van der Waals surface area contributed by atoms with Gasteiger partial charge in [-0.2, -0.15) is 0 Å². The zero-order valence-electron chi connectivity index (χ0n) is 7.62. The summed E-state index contributed by atoms with van der Waals surface area (Å²) in [4.78, 5) is 14.4. The molecule has 0 amide bonds. The van der Waals surface area contributed by atoms with Gasteiger partial charge in [0.25, 0.3) is 0 Å². The molecule has 0 heterocycles. The fourth-order valence-electron chi connectivity index (χ4n) is 1.29. The van der Waals surface area contributed by atoms with Crippen molar-refractivity contribution in [3.8, 4) is 0 Å². The van der Waals surface area contributed by atoms with E-state index in [1.54, 1.807) is 12.1 Å². The zero-order chi connectivity index (χ0) is 11.3. The highest BCUT2D eigenvalue weighted by molar-refractivity contribution is 7.72. The van der Waals surface area contributed by atoms with Crippen molar-refractivity contribution < 1.29 is 8.42 Å². The van der Waals surface area contributed by atoms with E-state index in [1.807, 2.05) is 30.3 Å². The van der Waals surface area contributed by atoms with Crippen LogP contribution in [0.25, 0.3) is 10.8 Å². The van der Waals surface area contributed by atoms with Crippen LogP contribution in [0.5, 0.6) is 0 Å². The molecule has 15 heavy (non-hydrogen) atoms. The maximum Gasteiger partial charge on any atom is 0.168 e. The minimum absolute atomic E-state index is 0.369. The molecule has 0 aromatic heterocycles. The lowest BCUT2D eigenvalue weighted by molar-refractivity contribution is 0.614. The molecule has 0 unspecified atom stereocenters. The van der Waals surface area contributed by atoms with Crippen molar-refractivity contribution in [1.29, 1.82) is 0 Å². The first-order valence-electron chi connectivity index (χ1n) is 4.07. The number of benzene rings is 2. The van der Waals surface area contributed by atoms with Crippen LogP contribution in [-0.4, -0.2) is 8.42 Å². The Morgan fingerprint density at radius 3 is 2.00 bits per heavy atom. The van der Waals surface area contributed by atoms with Gasteiger partial charge in [-0.05, 0) is 22.9 Å². The van der Waals surface area contributed by atoms with E-state index in [4.69, 9.17) is 9.93 Å². The first-order valence-corrected chi connectivity index (χ1v) is 5.25. The molecule has 0 aliphatic heterocycles. The maximum absolute atomic E-state index is 10.7. The Balaban J connectivity index is 0.000000531. The number of rotatable bonds is 1. The molecule has 2 aromatic carbocycles. The Hall–Kier alpha value is -1.75. The van der Waals surface area contributed by atoms with Crippen molar-refractivity contribution in [2.24, 2.45) is 0 Å². The number of hydrogen-bond acceptors (Lipinski definition) is 4. The molecular weight excluding hydrogens is 216 g/mol. The average Bonchev–Trinajstić information content (AvgIpc) is 2.31. The molecule has 0 saturated carbocycles. The third-order valence-corrected chi connectivity index (χ3v) is 2.64. The van der Waals surface area contributed by atoms with E-state index in [9.17, 15) is 8.42 Å². The van der Waals surface area contributed by atoms with Gasteiger partial charge in [-0.25, -0.2) is 8.42 Å². The van der Waals surface area contributed by atoms with Crippen molar-refractivity contribution in [2.45, 2.75) is 4.90 Å². The van der Waals surface area contributed by atoms with Crippen LogP contribution in [0.2, 0.25) is 0 Å². The second kappa shape index (κ2) is 5.21. The van der Waals surface area contributed by atoms with E-state index in [0.29, 0.717) is 4.90 Å². The molecule has 0 fully saturated rings. The summed E-state index contributed by atoms with van der Waals surface area (Å²) in [5.41, 5.74) is 0. The lowest BCUT2D eigenvalue weighted by Gasteiger charge is -1.96. The predicted octanol–water partition coefficient (Wildman–Crippen LogP) is 1.88. The zero-order valence-corrected chi connectivity index (χ0v) is 8.52. The quantitative estimate of drug-likeness (QED) is 0.751. The molecule has 0 bridgehead atoms. The highest BCUT2D eigenvalue weighted by atomic mass is 32.2. The maximum atomic E-state index is 10.7. The topological polar surface area (TPSA) is 68.3 Å². The normalized spacial score (nSPS) is 9.67. The van der Waals surface area contributed by atoms with Gasteiger partial charge >= 0.3 is 0 Å². The minimum Gasteiger partial charge on any atom is -0.227 e. The number of thiol groups is 1. The smallest absolute Gasteiger partial charge is 0.168 e. The first kappa shape index (κ1) is 11.3. The summed E-state index contributed by atoms with van der Waals surface area (Å²) in [5, 5.41) is 2.02. The van der Waals surface area contributed by atoms with Crippen LogP contribution in [-0.2, 0) is 10.7 Å². The molecule has 4 nitrogen and oxygen atoms in total. The van der Waals surface area contributed by atoms with E-state index in [0.717, 1.165) is 10.8 Å². The number of fused-ring (bicyclic) bond motifs is 1. The molecule has 2 rings (SSSR count). The summed E-state index contributed by atoms with van der Waals surface area (Å²) >= 11 is 0. The molecule has 2 aromatic rings. The molecular formula is C10H8O4S. The fraction of sp³-hybridized carbons (Fsp3) is 0. The Kier molecular flexibility index (Phi) is 3.93. The third-order valence-electron chi connectivity index (χ3n) is 1.94. The van der Waals surface area contributed by atoms with E-state index >= 15 is 0 Å². The van der Waals surface area contributed by atoms with E-state index in [1.165, 1.54) is 0 Å². The molecule has 5 heteroatoms. The van der Waals surface area contributed by atoms with Gasteiger partial charge in [0.15, 0.2) is 10.7 Å². The molecule has 0 spiro atoms. The van der Waals surface area contributed by atoms with Crippen molar-refractivity contribution in [2.75, 3.05) is 0 Å². The largest absolute Gasteiger partial charge is 0.227 e. The van der Waals surface area contributed by atoms with Crippen LogP contribution >= 0.6 is 0 Å². The Bertz CT molecular complexity index is 526. The van der Waals surface area contributed by atoms with Crippen LogP contribution in [0.4, 0.5) is 0 Å². The molecule has 0 aliphatic rings. The van der Waals surface area contributed by atoms with Gasteiger partial charge in [-0.3, -0.25) is 0 Å². The fourth-order valence-corrected chi connectivity index (χ4v) is 1.73. The molecule has 0 radical (unpaired) electrons. The first-order chi connectivity index (χ1) is 7.27. The summed E-state index contributed by atoms with van der Waals surface area (Å²) in [7, 11) is -2.47. The monoisotopic (exact) mass is 224 g/mol. The lowest BCUT2D eigenvalue weighted by atomic mass is 10.1. The van der Waals surface area contributed by atoms with Crippen LogP contribution < -0.4 is 0 Å². The average molecular weight is 224 g/mol. The Labute approximate surface area is 87.7 Å². The van der Waals surface area contributed by atoms with Crippen LogP contribution in [0.3, 0.4) is 0 Å². The van der Waals surface area contributed by atoms with E-state index < -0.39 is 10.7 Å². The summed E-state index contributed by atoms with van der Waals surface area (Å²) in [5.74, 6) is 0. The van der Waals surface area contributed by atoms with Gasteiger partial charge in [-0.1, -0.05) is 30.3 Å². The predicted molar refractivity (Wildman–Crippen MR) is 59.3 cm³/mol. The van der Waals surface area contributed by atoms with Crippen molar-refractivity contribution in [1.82, 2.24) is 0 Å². The highest BCUT2D eigenvalue weighted by Crippen LogP contribution is 2.15. The lowest BCUT2D eigenvalue weighted by Crippen LogP contribution is -1.79. The van der Waals surface area contributed by atoms with E-state index in [-0.39, 0.29) is 0 Å². The Morgan fingerprint density at radius 1 is 0.800 bits per heavy atom. The van der Waals surface area contributed by atoms with Gasteiger partial charge < -0.3 is 0 Å². The van der Waals surface area contributed by atoms with Gasteiger partial charge in [0.2, 0.25) is 0 Å². The van der Waals surface area contributed by atoms with Gasteiger partial charge in [-0.15, -0.1) is 0 Å². The SMILES string of the molecule is O=O.O=[SH](=O)c1ccc2ccccc2c1. The van der Waals surface area contributed by atoms with Gasteiger partial charge in [0, 0.05) is 9.93 Å². The van der Waals surface area contributed by atoms with Gasteiger partial charge in [0.05, 0.1) is 4.90 Å². The minimum atomic E-state index is -2.47. The molecule has 0 atom stereocenters. The molecule has 0 aliphatic carbocycles. The summed E-state index contributed by atoms with van der Waals surface area (Å²) < 4.78 is 21.4. The molecule has 0 N–H and O–H groups in total. The van der Waals surface area contributed by atoms with Crippen molar-refractivity contribution in [3.63, 3.8) is 0 Å².